The second-order valence-electron chi connectivity index (χ2n) is 6.97. The maximum absolute atomic E-state index is 12.8. The van der Waals surface area contributed by atoms with Crippen LogP contribution in [-0.4, -0.2) is 46.7 Å². The van der Waals surface area contributed by atoms with Gasteiger partial charge in [0.25, 0.3) is 5.91 Å². The fourth-order valence-electron chi connectivity index (χ4n) is 3.70. The smallest absolute Gasteiger partial charge is 0.270 e. The van der Waals surface area contributed by atoms with Crippen molar-refractivity contribution < 1.29 is 9.90 Å². The van der Waals surface area contributed by atoms with E-state index in [0.29, 0.717) is 23.8 Å². The predicted octanol–water partition coefficient (Wildman–Crippen LogP) is 3.40. The number of halogens is 1. The maximum Gasteiger partial charge on any atom is 0.270 e. The van der Waals surface area contributed by atoms with E-state index in [-0.39, 0.29) is 5.91 Å². The van der Waals surface area contributed by atoms with Gasteiger partial charge in [0.2, 0.25) is 0 Å². The fraction of sp³-hybridized carbons (Fsp3) is 0.286. The molecule has 0 aliphatic carbocycles. The Morgan fingerprint density at radius 3 is 2.70 bits per heavy atom. The SMILES string of the molecule is CN1CCc2c(n(C[C@@H](O)CNc3ccc(Cl)cc3)c3ccccc23)C1=O. The number of likely N-dealkylation sites (N-methyl/N-ethyl adjacent to an activating group) is 1. The summed E-state index contributed by atoms with van der Waals surface area (Å²) in [6.45, 7) is 1.46. The first kappa shape index (κ1) is 17.9. The molecular formula is C21H22ClN3O2. The molecule has 0 bridgehead atoms. The third kappa shape index (κ3) is 3.40. The number of anilines is 1. The molecule has 1 aliphatic rings. The lowest BCUT2D eigenvalue weighted by Gasteiger charge is -2.25. The van der Waals surface area contributed by atoms with Gasteiger partial charge in [0.05, 0.1) is 12.6 Å². The van der Waals surface area contributed by atoms with Gasteiger partial charge < -0.3 is 19.9 Å². The zero-order chi connectivity index (χ0) is 19.0. The third-order valence-corrected chi connectivity index (χ3v) is 5.35. The van der Waals surface area contributed by atoms with Gasteiger partial charge in [-0.25, -0.2) is 0 Å². The summed E-state index contributed by atoms with van der Waals surface area (Å²) >= 11 is 5.90. The first-order valence-corrected chi connectivity index (χ1v) is 9.45. The fourth-order valence-corrected chi connectivity index (χ4v) is 3.83. The zero-order valence-corrected chi connectivity index (χ0v) is 15.9. The Labute approximate surface area is 163 Å². The monoisotopic (exact) mass is 383 g/mol. The molecular weight excluding hydrogens is 362 g/mol. The van der Waals surface area contributed by atoms with Crippen LogP contribution in [0.25, 0.3) is 10.9 Å². The number of rotatable bonds is 5. The molecule has 0 spiro atoms. The van der Waals surface area contributed by atoms with Gasteiger partial charge in [-0.05, 0) is 42.3 Å². The van der Waals surface area contributed by atoms with E-state index in [4.69, 9.17) is 11.6 Å². The lowest BCUT2D eigenvalue weighted by Crippen LogP contribution is -2.36. The molecule has 2 heterocycles. The van der Waals surface area contributed by atoms with Gasteiger partial charge in [0.15, 0.2) is 0 Å². The van der Waals surface area contributed by atoms with Gasteiger partial charge >= 0.3 is 0 Å². The van der Waals surface area contributed by atoms with Gasteiger partial charge in [-0.3, -0.25) is 4.79 Å². The van der Waals surface area contributed by atoms with Crippen LogP contribution in [0.2, 0.25) is 5.02 Å². The molecule has 0 saturated heterocycles. The van der Waals surface area contributed by atoms with E-state index in [0.717, 1.165) is 35.1 Å². The Morgan fingerprint density at radius 2 is 1.93 bits per heavy atom. The Balaban J connectivity index is 1.59. The Kier molecular flexibility index (Phi) is 4.81. The average Bonchev–Trinajstić information content (AvgIpc) is 2.99. The zero-order valence-electron chi connectivity index (χ0n) is 15.2. The van der Waals surface area contributed by atoms with Crippen molar-refractivity contribution in [2.75, 3.05) is 25.5 Å². The number of aliphatic hydroxyl groups is 1. The highest BCUT2D eigenvalue weighted by molar-refractivity contribution is 6.30. The molecule has 140 valence electrons. The average molecular weight is 384 g/mol. The Morgan fingerprint density at radius 1 is 1.19 bits per heavy atom. The maximum atomic E-state index is 12.8. The summed E-state index contributed by atoms with van der Waals surface area (Å²) in [4.78, 5) is 14.5. The van der Waals surface area contributed by atoms with E-state index in [9.17, 15) is 9.90 Å². The molecule has 0 radical (unpaired) electrons. The standard InChI is InChI=1S/C21H22ClN3O2/c1-24-11-10-18-17-4-2-3-5-19(17)25(20(18)21(24)27)13-16(26)12-23-15-8-6-14(22)7-9-15/h2-9,16,23,26H,10-13H2,1H3/t16-/m0/s1. The van der Waals surface area contributed by atoms with E-state index in [1.807, 2.05) is 41.9 Å². The molecule has 5 nitrogen and oxygen atoms in total. The minimum atomic E-state index is -0.638. The Hall–Kier alpha value is -2.50. The number of hydrogen-bond acceptors (Lipinski definition) is 3. The number of nitrogens with zero attached hydrogens (tertiary/aromatic N) is 2. The number of fused-ring (bicyclic) bond motifs is 3. The summed E-state index contributed by atoms with van der Waals surface area (Å²) in [6, 6.07) is 15.4. The van der Waals surface area contributed by atoms with E-state index < -0.39 is 6.10 Å². The van der Waals surface area contributed by atoms with Crippen LogP contribution in [0.1, 0.15) is 16.1 Å². The van der Waals surface area contributed by atoms with Gasteiger partial charge in [-0.15, -0.1) is 0 Å². The van der Waals surface area contributed by atoms with Crippen LogP contribution in [0.5, 0.6) is 0 Å². The summed E-state index contributed by atoms with van der Waals surface area (Å²) in [7, 11) is 1.83. The third-order valence-electron chi connectivity index (χ3n) is 5.10. The van der Waals surface area contributed by atoms with Crippen molar-refractivity contribution >= 4 is 34.1 Å². The van der Waals surface area contributed by atoms with Crippen LogP contribution in [0.4, 0.5) is 5.69 Å². The summed E-state index contributed by atoms with van der Waals surface area (Å²) in [5.74, 6) is 0.0188. The van der Waals surface area contributed by atoms with Crippen LogP contribution >= 0.6 is 11.6 Å². The molecule has 1 aromatic heterocycles. The minimum absolute atomic E-state index is 0.0188. The van der Waals surface area contributed by atoms with Gasteiger partial charge in [-0.2, -0.15) is 0 Å². The van der Waals surface area contributed by atoms with Gasteiger partial charge in [0.1, 0.15) is 5.69 Å². The number of benzene rings is 2. The number of aromatic nitrogens is 1. The summed E-state index contributed by atoms with van der Waals surface area (Å²) in [5.41, 5.74) is 3.69. The number of amides is 1. The summed E-state index contributed by atoms with van der Waals surface area (Å²) in [5, 5.41) is 15.6. The molecule has 3 aromatic rings. The van der Waals surface area contributed by atoms with Crippen LogP contribution in [0.15, 0.2) is 48.5 Å². The number of carbonyl (C=O) groups is 1. The lowest BCUT2D eigenvalue weighted by atomic mass is 10.0. The van der Waals surface area contributed by atoms with Crippen LogP contribution in [-0.2, 0) is 13.0 Å². The molecule has 2 aromatic carbocycles. The molecule has 1 amide bonds. The first-order chi connectivity index (χ1) is 13.0. The minimum Gasteiger partial charge on any atom is -0.389 e. The van der Waals surface area contributed by atoms with E-state index >= 15 is 0 Å². The molecule has 6 heteroatoms. The van der Waals surface area contributed by atoms with Crippen molar-refractivity contribution in [1.29, 1.82) is 0 Å². The largest absolute Gasteiger partial charge is 0.389 e. The van der Waals surface area contributed by atoms with Crippen LogP contribution in [0.3, 0.4) is 0 Å². The molecule has 0 saturated carbocycles. The van der Waals surface area contributed by atoms with E-state index in [2.05, 4.69) is 11.4 Å². The number of para-hydroxylation sites is 1. The molecule has 0 fully saturated rings. The van der Waals surface area contributed by atoms with Crippen molar-refractivity contribution in [2.45, 2.75) is 19.1 Å². The highest BCUT2D eigenvalue weighted by atomic mass is 35.5. The van der Waals surface area contributed by atoms with Crippen LogP contribution < -0.4 is 5.32 Å². The lowest BCUT2D eigenvalue weighted by molar-refractivity contribution is 0.0765. The number of hydrogen-bond donors (Lipinski definition) is 2. The second kappa shape index (κ2) is 7.25. The molecule has 2 N–H and O–H groups in total. The number of aliphatic hydroxyl groups excluding tert-OH is 1. The summed E-state index contributed by atoms with van der Waals surface area (Å²) < 4.78 is 1.97. The molecule has 1 aliphatic heterocycles. The molecule has 0 unspecified atom stereocenters. The highest BCUT2D eigenvalue weighted by Crippen LogP contribution is 2.30. The molecule has 27 heavy (non-hydrogen) atoms. The number of carbonyl (C=O) groups excluding carboxylic acids is 1. The Bertz CT molecular complexity index is 981. The van der Waals surface area contributed by atoms with Gasteiger partial charge in [-0.1, -0.05) is 29.8 Å². The van der Waals surface area contributed by atoms with E-state index in [1.165, 1.54) is 0 Å². The summed E-state index contributed by atoms with van der Waals surface area (Å²) in [6.07, 6.45) is 0.199. The normalized spacial score (nSPS) is 15.1. The van der Waals surface area contributed by atoms with Crippen molar-refractivity contribution in [1.82, 2.24) is 9.47 Å². The van der Waals surface area contributed by atoms with Crippen molar-refractivity contribution in [3.8, 4) is 0 Å². The first-order valence-electron chi connectivity index (χ1n) is 9.07. The van der Waals surface area contributed by atoms with Gasteiger partial charge in [0, 0.05) is 41.8 Å². The molecule has 4 rings (SSSR count). The van der Waals surface area contributed by atoms with Crippen molar-refractivity contribution in [2.24, 2.45) is 0 Å². The topological polar surface area (TPSA) is 57.5 Å². The van der Waals surface area contributed by atoms with Crippen molar-refractivity contribution in [3.63, 3.8) is 0 Å². The van der Waals surface area contributed by atoms with E-state index in [1.54, 1.807) is 17.0 Å². The highest BCUT2D eigenvalue weighted by Gasteiger charge is 2.29. The predicted molar refractivity (Wildman–Crippen MR) is 109 cm³/mol. The van der Waals surface area contributed by atoms with Crippen LogP contribution in [0, 0.1) is 0 Å². The molecule has 1 atom stereocenters. The quantitative estimate of drug-likeness (QED) is 0.710. The van der Waals surface area contributed by atoms with Crippen molar-refractivity contribution in [3.05, 3.63) is 64.8 Å². The number of nitrogens with one attached hydrogen (secondary N) is 1. The second-order valence-corrected chi connectivity index (χ2v) is 7.41.